The molecule has 3 aromatic carbocycles. The largest absolute Gasteiger partial charge is 3.00 e. The van der Waals surface area contributed by atoms with Crippen LogP contribution in [0.15, 0.2) is 121 Å². The summed E-state index contributed by atoms with van der Waals surface area (Å²) in [5.74, 6) is -0.128. The molecule has 112 heavy (non-hydrogen) atoms. The predicted molar refractivity (Wildman–Crippen MR) is 442 cm³/mol. The number of nitrogens with zero attached hydrogens (tertiary/aromatic N) is 24. The van der Waals surface area contributed by atoms with Gasteiger partial charge in [0.1, 0.15) is 0 Å². The number of aromatic nitrogens is 24. The fourth-order valence-corrected chi connectivity index (χ4v) is 13.9. The molecule has 12 aromatic heterocycles. The second kappa shape index (κ2) is 40.1. The van der Waals surface area contributed by atoms with Gasteiger partial charge in [-0.05, 0) is 329 Å². The van der Waals surface area contributed by atoms with Crippen LogP contribution in [0.5, 0.6) is 11.5 Å². The van der Waals surface area contributed by atoms with E-state index in [9.17, 15) is 10.2 Å². The minimum absolute atomic E-state index is 0. The first-order valence-corrected chi connectivity index (χ1v) is 38.1. The number of hydrogen-bond donors (Lipinski definition) is 0. The third-order valence-corrected chi connectivity index (χ3v) is 18.0. The zero-order valence-electron chi connectivity index (χ0n) is 68.1. The summed E-state index contributed by atoms with van der Waals surface area (Å²) in [5.41, 5.74) is 24.9. The molecule has 15 aromatic rings. The van der Waals surface area contributed by atoms with E-state index in [4.69, 9.17) is 46.4 Å². The second-order valence-electron chi connectivity index (χ2n) is 27.8. The molecule has 584 valence electrons. The van der Waals surface area contributed by atoms with Crippen LogP contribution in [0.1, 0.15) is 137 Å². The second-order valence-corrected chi connectivity index (χ2v) is 29.4. The maximum atomic E-state index is 12.1. The van der Waals surface area contributed by atoms with Crippen molar-refractivity contribution in [2.24, 2.45) is 0 Å². The molecule has 12 heterocycles. The van der Waals surface area contributed by atoms with Gasteiger partial charge in [0.15, 0.2) is 0 Å². The van der Waals surface area contributed by atoms with Crippen LogP contribution in [0, 0.1) is 247 Å². The first kappa shape index (κ1) is 91.6. The van der Waals surface area contributed by atoms with Crippen molar-refractivity contribution in [2.75, 3.05) is 10.7 Å². The van der Waals surface area contributed by atoms with Crippen molar-refractivity contribution in [1.29, 1.82) is 0 Å². The Morgan fingerprint density at radius 3 is 0.375 bits per heavy atom. The zero-order valence-corrected chi connectivity index (χ0v) is 76.4. The van der Waals surface area contributed by atoms with Crippen LogP contribution < -0.4 is 10.2 Å². The Balaban J connectivity index is 0.000000190. The van der Waals surface area contributed by atoms with E-state index >= 15 is 0 Å². The van der Waals surface area contributed by atoms with Crippen LogP contribution in [0.2, 0.25) is 0 Å². The van der Waals surface area contributed by atoms with E-state index in [0.29, 0.717) is 21.5 Å². The zero-order chi connectivity index (χ0) is 80.6. The Morgan fingerprint density at radius 1 is 0.214 bits per heavy atom. The van der Waals surface area contributed by atoms with Gasteiger partial charge < -0.3 is 65.3 Å². The number of halogens is 4. The van der Waals surface area contributed by atoms with Crippen LogP contribution in [0.4, 0.5) is 0 Å². The van der Waals surface area contributed by atoms with Gasteiger partial charge in [0, 0.05) is 0 Å². The van der Waals surface area contributed by atoms with Crippen LogP contribution in [0.3, 0.4) is 0 Å². The molecule has 0 amide bonds. The van der Waals surface area contributed by atoms with E-state index < -0.39 is 0 Å². The molecular weight excluding hydrogens is 1770 g/mol. The molecule has 0 saturated heterocycles. The van der Waals surface area contributed by atoms with E-state index in [2.05, 4.69) is 217 Å². The Kier molecular flexibility index (Phi) is 32.8. The van der Waals surface area contributed by atoms with Crippen LogP contribution >= 0.6 is 46.4 Å². The minimum atomic E-state index is -0.226. The van der Waals surface area contributed by atoms with Crippen LogP contribution in [-0.4, -0.2) is 155 Å². The van der Waals surface area contributed by atoms with Gasteiger partial charge in [-0.1, -0.05) is 60.0 Å². The van der Waals surface area contributed by atoms with Crippen LogP contribution in [0.25, 0.3) is 21.5 Å². The fraction of sp³-hybridized carbons (Fsp3) is 0.342. The van der Waals surface area contributed by atoms with E-state index in [0.717, 1.165) is 137 Å². The molecule has 0 bridgehead atoms. The molecule has 0 aliphatic carbocycles. The Bertz CT molecular complexity index is 4540. The fourth-order valence-electron chi connectivity index (χ4n) is 13.9. The van der Waals surface area contributed by atoms with Crippen LogP contribution in [-0.2, 0) is 0 Å². The Labute approximate surface area is 742 Å². The average molecular weight is 1860 g/mol. The SMILES string of the molecule is Cc1cc(C)n([B-](n2nc(C)cc2C)n2nc(C)cc2C)n1.Cc1cc(C)n([B-](n2nc(C)cc2C)n2nc(C)cc2C)n1.Cc1cc(C)n([B-](n2nc(C)cc2C)n2nc(C)cc2C)n1.Cc1cc(C)n([B-](n2nc(C)cc2C)n2nc(C)cc2C)n1.ClCCl.ClCCl.[O-]c1c2ccccc2c([O-])c2ccccc12.[Sm+3].[Sm+3]. The van der Waals surface area contributed by atoms with E-state index in [-0.39, 0.29) is 131 Å². The molecule has 0 spiro atoms. The molecule has 6 radical (unpaired) electrons. The standard InChI is InChI=1S/4C15H21BN6.C14H10O2.2CH2Cl2.2Sm/c4*1-10-7-13(4)20(17-10)16(21-14(5)8-11(2)18-21)22-15(6)9-12(3)19-22;15-13-9-5-1-2-6-10(9)14(16)12-8-4-3-7-11(12)13;2*2-1-3;;/h4*7-9H,1-6H3;1-8,15-16H;2*1H2;;/q4*-1;;;;2*+3/p-2. The monoisotopic (exact) mass is 1860 g/mol. The first-order valence-electron chi connectivity index (χ1n) is 35.9. The van der Waals surface area contributed by atoms with Crippen molar-refractivity contribution in [2.45, 2.75) is 166 Å². The topological polar surface area (TPSA) is 260 Å². The molecule has 36 heteroatoms. The molecule has 0 fully saturated rings. The van der Waals surface area contributed by atoms with Gasteiger partial charge in [0.2, 0.25) is 0 Å². The Morgan fingerprint density at radius 2 is 0.304 bits per heavy atom. The third-order valence-electron chi connectivity index (χ3n) is 18.0. The number of benzene rings is 3. The van der Waals surface area contributed by atoms with Gasteiger partial charge in [-0.25, -0.2) is 61.2 Å². The van der Waals surface area contributed by atoms with Crippen molar-refractivity contribution in [3.63, 3.8) is 0 Å². The smallest absolute Gasteiger partial charge is 0.872 e. The first-order chi connectivity index (χ1) is 52.1. The Hall–Kier alpha value is -7.60. The molecule has 15 rings (SSSR count). The molecule has 0 unspecified atom stereocenters. The summed E-state index contributed by atoms with van der Waals surface area (Å²) in [5, 5.41) is 82.5. The molecule has 26 nitrogen and oxygen atoms in total. The molecule has 0 aliphatic rings. The number of fused-ring (bicyclic) bond motifs is 2. The van der Waals surface area contributed by atoms with E-state index in [1.807, 2.05) is 138 Å². The van der Waals surface area contributed by atoms with E-state index in [1.165, 1.54) is 0 Å². The maximum Gasteiger partial charge on any atom is 3.00 e. The number of hydrogen-bond acceptors (Lipinski definition) is 14. The summed E-state index contributed by atoms with van der Waals surface area (Å²) in [6, 6.07) is 38.8. The maximum absolute atomic E-state index is 12.1. The van der Waals surface area contributed by atoms with Gasteiger partial charge in [0.25, 0.3) is 28.5 Å². The molecule has 0 atom stereocenters. The van der Waals surface area contributed by atoms with Gasteiger partial charge in [-0.2, -0.15) is 0 Å². The molecule has 0 N–H and O–H groups in total. The quantitative estimate of drug-likeness (QED) is 0.0626. The summed E-state index contributed by atoms with van der Waals surface area (Å²) in [6.45, 7) is 48.8. The van der Waals surface area contributed by atoms with Gasteiger partial charge >= 0.3 is 80.8 Å². The van der Waals surface area contributed by atoms with Crippen molar-refractivity contribution in [1.82, 2.24) is 116 Å². The van der Waals surface area contributed by atoms with E-state index in [1.54, 1.807) is 48.5 Å². The predicted octanol–water partition coefficient (Wildman–Crippen LogP) is 13.2. The normalized spacial score (nSPS) is 11.0. The summed E-state index contributed by atoms with van der Waals surface area (Å²) in [7, 11) is -0.903. The number of rotatable bonds is 12. The minimum Gasteiger partial charge on any atom is -0.872 e. The van der Waals surface area contributed by atoms with Gasteiger partial charge in [-0.15, -0.1) is 46.4 Å². The summed E-state index contributed by atoms with van der Waals surface area (Å²) in [4.78, 5) is 0. The average Bonchev–Trinajstić information content (AvgIpc) is 1.63. The summed E-state index contributed by atoms with van der Waals surface area (Å²) in [6.07, 6.45) is 0. The number of alkyl halides is 4. The summed E-state index contributed by atoms with van der Waals surface area (Å²) >= 11 is 19.1. The molecule has 0 saturated carbocycles. The molecule has 0 aliphatic heterocycles. The van der Waals surface area contributed by atoms with Crippen molar-refractivity contribution in [3.8, 4) is 11.5 Å². The third kappa shape index (κ3) is 21.3. The van der Waals surface area contributed by atoms with Crippen molar-refractivity contribution >= 4 is 96.4 Å². The van der Waals surface area contributed by atoms with Crippen molar-refractivity contribution in [3.05, 3.63) is 258 Å². The van der Waals surface area contributed by atoms with Crippen molar-refractivity contribution < 1.29 is 91.0 Å². The van der Waals surface area contributed by atoms with Gasteiger partial charge in [-0.3, -0.25) is 0 Å². The van der Waals surface area contributed by atoms with Gasteiger partial charge in [0.05, 0.1) is 79.0 Å². The molecular formula is C76H96B4Cl4N24O2Sm2. The summed E-state index contributed by atoms with van der Waals surface area (Å²) < 4.78 is 23.8. The number of aryl methyl sites for hydroxylation is 24.